The fraction of sp³-hybridized carbons (Fsp3) is 0.267. The summed E-state index contributed by atoms with van der Waals surface area (Å²) in [5, 5.41) is 3.58. The molecular weight excluding hydrogens is 466 g/mol. The van der Waals surface area contributed by atoms with Gasteiger partial charge >= 0.3 is 5.97 Å². The third-order valence-electron chi connectivity index (χ3n) is 6.53. The molecule has 1 unspecified atom stereocenters. The SMILES string of the molecule is O=C(COC(=O)CCc1nc2ccccc2c(=O)n1C1CC1)NC(Cc1ccccc1)c1ccccc1. The molecule has 5 rings (SSSR count). The number of ether oxygens (including phenoxy) is 1. The molecular formula is C30H29N3O4. The number of amides is 1. The lowest BCUT2D eigenvalue weighted by atomic mass is 9.99. The lowest BCUT2D eigenvalue weighted by Crippen LogP contribution is -2.33. The molecule has 3 aromatic carbocycles. The third kappa shape index (κ3) is 6.12. The number of para-hydroxylation sites is 1. The van der Waals surface area contributed by atoms with Crippen molar-refractivity contribution in [3.8, 4) is 0 Å². The van der Waals surface area contributed by atoms with Crippen LogP contribution in [0.1, 0.15) is 48.3 Å². The number of nitrogens with zero attached hydrogens (tertiary/aromatic N) is 2. The van der Waals surface area contributed by atoms with E-state index in [4.69, 9.17) is 4.74 Å². The maximum absolute atomic E-state index is 13.0. The number of hydrogen-bond donors (Lipinski definition) is 1. The van der Waals surface area contributed by atoms with Crippen LogP contribution in [-0.4, -0.2) is 28.0 Å². The number of rotatable bonds is 10. The first-order chi connectivity index (χ1) is 18.1. The van der Waals surface area contributed by atoms with Gasteiger partial charge in [0.05, 0.1) is 23.4 Å². The van der Waals surface area contributed by atoms with Gasteiger partial charge in [0.2, 0.25) is 0 Å². The summed E-state index contributed by atoms with van der Waals surface area (Å²) in [5.41, 5.74) is 2.63. The van der Waals surface area contributed by atoms with Crippen molar-refractivity contribution in [3.63, 3.8) is 0 Å². The summed E-state index contributed by atoms with van der Waals surface area (Å²) in [5.74, 6) is -0.282. The second-order valence-electron chi connectivity index (χ2n) is 9.33. The van der Waals surface area contributed by atoms with Crippen LogP contribution in [0.4, 0.5) is 0 Å². The Bertz CT molecular complexity index is 1450. The van der Waals surface area contributed by atoms with Crippen LogP contribution in [-0.2, 0) is 27.2 Å². The van der Waals surface area contributed by atoms with Crippen molar-refractivity contribution in [2.75, 3.05) is 6.61 Å². The van der Waals surface area contributed by atoms with Crippen molar-refractivity contribution in [2.24, 2.45) is 0 Å². The average Bonchev–Trinajstić information content (AvgIpc) is 3.77. The van der Waals surface area contributed by atoms with Crippen LogP contribution in [0, 0.1) is 0 Å². The highest BCUT2D eigenvalue weighted by atomic mass is 16.5. The second-order valence-corrected chi connectivity index (χ2v) is 9.33. The van der Waals surface area contributed by atoms with E-state index in [0.29, 0.717) is 23.1 Å². The molecule has 1 N–H and O–H groups in total. The largest absolute Gasteiger partial charge is 0.456 e. The van der Waals surface area contributed by atoms with Gasteiger partial charge in [0.15, 0.2) is 6.61 Å². The number of hydrogen-bond acceptors (Lipinski definition) is 5. The molecule has 1 aliphatic carbocycles. The molecule has 0 saturated heterocycles. The molecule has 1 saturated carbocycles. The molecule has 188 valence electrons. The summed E-state index contributed by atoms with van der Waals surface area (Å²) in [6, 6.07) is 26.8. The van der Waals surface area contributed by atoms with E-state index in [9.17, 15) is 14.4 Å². The molecule has 37 heavy (non-hydrogen) atoms. The van der Waals surface area contributed by atoms with Crippen molar-refractivity contribution in [2.45, 2.75) is 44.2 Å². The zero-order valence-electron chi connectivity index (χ0n) is 20.5. The molecule has 1 amide bonds. The maximum atomic E-state index is 13.0. The molecule has 0 spiro atoms. The summed E-state index contributed by atoms with van der Waals surface area (Å²) in [4.78, 5) is 42.8. The number of carbonyl (C=O) groups is 2. The van der Waals surface area contributed by atoms with Gasteiger partial charge in [-0.2, -0.15) is 0 Å². The monoisotopic (exact) mass is 495 g/mol. The quantitative estimate of drug-likeness (QED) is 0.331. The van der Waals surface area contributed by atoms with Gasteiger partial charge in [0.1, 0.15) is 5.82 Å². The first-order valence-corrected chi connectivity index (χ1v) is 12.6. The average molecular weight is 496 g/mol. The first-order valence-electron chi connectivity index (χ1n) is 12.6. The molecule has 0 aliphatic heterocycles. The highest BCUT2D eigenvalue weighted by Crippen LogP contribution is 2.35. The van der Waals surface area contributed by atoms with Gasteiger partial charge in [-0.15, -0.1) is 0 Å². The summed E-state index contributed by atoms with van der Waals surface area (Å²) < 4.78 is 7.00. The number of esters is 1. The van der Waals surface area contributed by atoms with Gasteiger partial charge in [-0.1, -0.05) is 72.8 Å². The number of aromatic nitrogens is 2. The van der Waals surface area contributed by atoms with E-state index in [1.807, 2.05) is 72.8 Å². The Morgan fingerprint density at radius 1 is 0.946 bits per heavy atom. The van der Waals surface area contributed by atoms with Crippen molar-refractivity contribution >= 4 is 22.8 Å². The molecule has 0 radical (unpaired) electrons. The Morgan fingerprint density at radius 3 is 2.35 bits per heavy atom. The molecule has 1 fully saturated rings. The molecule has 1 aliphatic rings. The molecule has 1 aromatic heterocycles. The second kappa shape index (κ2) is 11.2. The van der Waals surface area contributed by atoms with Crippen LogP contribution in [0.2, 0.25) is 0 Å². The molecule has 7 nitrogen and oxygen atoms in total. The molecule has 7 heteroatoms. The number of nitrogens with one attached hydrogen (secondary N) is 1. The summed E-state index contributed by atoms with van der Waals surface area (Å²) in [7, 11) is 0. The molecule has 0 bridgehead atoms. The summed E-state index contributed by atoms with van der Waals surface area (Å²) >= 11 is 0. The van der Waals surface area contributed by atoms with E-state index >= 15 is 0 Å². The van der Waals surface area contributed by atoms with Gasteiger partial charge in [-0.05, 0) is 42.5 Å². The topological polar surface area (TPSA) is 90.3 Å². The standard InChI is InChI=1S/C30H29N3O4/c34-28(32-26(22-11-5-2-6-12-22)19-21-9-3-1-4-10-21)20-37-29(35)18-17-27-31-25-14-8-7-13-24(25)30(36)33(27)23-15-16-23/h1-14,23,26H,15-20H2,(H,32,34). The Kier molecular flexibility index (Phi) is 7.40. The zero-order chi connectivity index (χ0) is 25.6. The number of benzene rings is 3. The van der Waals surface area contributed by atoms with Crippen LogP contribution >= 0.6 is 0 Å². The molecule has 1 heterocycles. The third-order valence-corrected chi connectivity index (χ3v) is 6.53. The van der Waals surface area contributed by atoms with E-state index in [1.165, 1.54) is 0 Å². The normalized spacial score (nSPS) is 13.7. The predicted octanol–water partition coefficient (Wildman–Crippen LogP) is 4.31. The van der Waals surface area contributed by atoms with Crippen LogP contribution in [0.3, 0.4) is 0 Å². The van der Waals surface area contributed by atoms with Crippen molar-refractivity contribution < 1.29 is 14.3 Å². The van der Waals surface area contributed by atoms with E-state index < -0.39 is 5.97 Å². The number of carbonyl (C=O) groups excluding carboxylic acids is 2. The van der Waals surface area contributed by atoms with Crippen LogP contribution in [0.15, 0.2) is 89.7 Å². The van der Waals surface area contributed by atoms with Crippen LogP contribution < -0.4 is 10.9 Å². The number of aryl methyl sites for hydroxylation is 1. The van der Waals surface area contributed by atoms with Crippen molar-refractivity contribution in [3.05, 3.63) is 112 Å². The predicted molar refractivity (Wildman–Crippen MR) is 141 cm³/mol. The zero-order valence-corrected chi connectivity index (χ0v) is 20.5. The summed E-state index contributed by atoms with van der Waals surface area (Å²) in [6.07, 6.45) is 2.80. The minimum atomic E-state index is -0.501. The Labute approximate surface area is 215 Å². The van der Waals surface area contributed by atoms with E-state index in [2.05, 4.69) is 10.3 Å². The molecule has 1 atom stereocenters. The van der Waals surface area contributed by atoms with Crippen molar-refractivity contribution in [1.29, 1.82) is 0 Å². The van der Waals surface area contributed by atoms with E-state index in [-0.39, 0.29) is 43.0 Å². The van der Waals surface area contributed by atoms with E-state index in [1.54, 1.807) is 16.7 Å². The van der Waals surface area contributed by atoms with Crippen molar-refractivity contribution in [1.82, 2.24) is 14.9 Å². The maximum Gasteiger partial charge on any atom is 0.306 e. The van der Waals surface area contributed by atoms with E-state index in [0.717, 1.165) is 24.0 Å². The fourth-order valence-electron chi connectivity index (χ4n) is 4.53. The van der Waals surface area contributed by atoms with Gasteiger partial charge < -0.3 is 10.1 Å². The molecule has 4 aromatic rings. The van der Waals surface area contributed by atoms with Gasteiger partial charge in [-0.25, -0.2) is 4.98 Å². The highest BCUT2D eigenvalue weighted by molar-refractivity contribution is 5.81. The Hall–Kier alpha value is -4.26. The minimum absolute atomic E-state index is 0.0386. The Morgan fingerprint density at radius 2 is 1.62 bits per heavy atom. The first kappa shape index (κ1) is 24.4. The number of fused-ring (bicyclic) bond motifs is 1. The highest BCUT2D eigenvalue weighted by Gasteiger charge is 2.28. The fourth-order valence-corrected chi connectivity index (χ4v) is 4.53. The van der Waals surface area contributed by atoms with Crippen LogP contribution in [0.5, 0.6) is 0 Å². The minimum Gasteiger partial charge on any atom is -0.456 e. The van der Waals surface area contributed by atoms with Crippen LogP contribution in [0.25, 0.3) is 10.9 Å². The summed E-state index contributed by atoms with van der Waals surface area (Å²) in [6.45, 7) is -0.364. The van der Waals surface area contributed by atoms with Gasteiger partial charge in [0, 0.05) is 12.5 Å². The van der Waals surface area contributed by atoms with Gasteiger partial charge in [-0.3, -0.25) is 19.0 Å². The lowest BCUT2D eigenvalue weighted by Gasteiger charge is -2.19. The lowest BCUT2D eigenvalue weighted by molar-refractivity contribution is -0.148. The Balaban J connectivity index is 1.19. The smallest absolute Gasteiger partial charge is 0.306 e. The van der Waals surface area contributed by atoms with Gasteiger partial charge in [0.25, 0.3) is 11.5 Å².